The molecule has 27 heavy (non-hydrogen) atoms. The van der Waals surface area contributed by atoms with Gasteiger partial charge in [-0.2, -0.15) is 9.78 Å². The number of benzene rings is 1. The van der Waals surface area contributed by atoms with Crippen LogP contribution in [-0.4, -0.2) is 30.4 Å². The lowest BCUT2D eigenvalue weighted by molar-refractivity contribution is -0.389. The van der Waals surface area contributed by atoms with Crippen LogP contribution >= 0.6 is 15.9 Å². The van der Waals surface area contributed by atoms with Gasteiger partial charge < -0.3 is 20.2 Å². The summed E-state index contributed by atoms with van der Waals surface area (Å²) in [5, 5.41) is 21.3. The minimum Gasteiger partial charge on any atom is -0.471 e. The monoisotopic (exact) mass is 434 g/mol. The van der Waals surface area contributed by atoms with E-state index < -0.39 is 4.92 Å². The number of nitrogens with zero attached hydrogens (tertiary/aromatic N) is 5. The summed E-state index contributed by atoms with van der Waals surface area (Å²) in [5.74, 6) is 0.0257. The van der Waals surface area contributed by atoms with Crippen molar-refractivity contribution in [3.05, 3.63) is 63.0 Å². The number of aromatic nitrogens is 4. The van der Waals surface area contributed by atoms with E-state index in [1.54, 1.807) is 13.1 Å². The Bertz CT molecular complexity index is 966. The van der Waals surface area contributed by atoms with Gasteiger partial charge in [0.25, 0.3) is 0 Å². The fourth-order valence-electron chi connectivity index (χ4n) is 2.25. The number of nitro groups is 1. The maximum atomic E-state index is 12.1. The third-order valence-corrected chi connectivity index (χ3v) is 4.07. The number of ether oxygens (including phenoxy) is 1. The quantitative estimate of drug-likeness (QED) is 0.451. The third kappa shape index (κ3) is 4.91. The second kappa shape index (κ2) is 7.99. The SMILES string of the molecule is Cc1cc([N+](=O)[O-])nn1CC(=O)Nc1cnn(COc2ccc(Br)cc2)c1. The van der Waals surface area contributed by atoms with E-state index in [4.69, 9.17) is 4.74 Å². The zero-order valence-corrected chi connectivity index (χ0v) is 15.8. The van der Waals surface area contributed by atoms with Crippen molar-refractivity contribution in [1.82, 2.24) is 19.6 Å². The lowest BCUT2D eigenvalue weighted by atomic mass is 10.3. The highest BCUT2D eigenvalue weighted by Gasteiger charge is 2.17. The Balaban J connectivity index is 1.54. The number of carbonyl (C=O) groups is 1. The van der Waals surface area contributed by atoms with Crippen LogP contribution in [0.25, 0.3) is 0 Å². The highest BCUT2D eigenvalue weighted by Crippen LogP contribution is 2.17. The van der Waals surface area contributed by atoms with Crippen molar-refractivity contribution in [2.24, 2.45) is 0 Å². The van der Waals surface area contributed by atoms with Crippen LogP contribution in [0.3, 0.4) is 0 Å². The standard InChI is InChI=1S/C16H15BrN6O4/c1-11-6-15(23(25)26)20-22(11)9-16(24)19-13-7-18-21(8-13)10-27-14-4-2-12(17)3-5-14/h2-8H,9-10H2,1H3,(H,19,24). The maximum Gasteiger partial charge on any atom is 0.390 e. The number of hydrogen-bond acceptors (Lipinski definition) is 6. The molecular formula is C16H15BrN6O4. The molecule has 1 aromatic carbocycles. The van der Waals surface area contributed by atoms with Gasteiger partial charge in [0.1, 0.15) is 12.3 Å². The van der Waals surface area contributed by atoms with Gasteiger partial charge in [-0.3, -0.25) is 4.79 Å². The summed E-state index contributed by atoms with van der Waals surface area (Å²) in [6.45, 7) is 1.69. The van der Waals surface area contributed by atoms with Gasteiger partial charge in [0.15, 0.2) is 6.73 Å². The van der Waals surface area contributed by atoms with E-state index in [1.807, 2.05) is 24.3 Å². The minimum absolute atomic E-state index is 0.139. The molecule has 1 N–H and O–H groups in total. The molecule has 2 aromatic heterocycles. The van der Waals surface area contributed by atoms with E-state index in [0.717, 1.165) is 4.47 Å². The number of halogens is 1. The Morgan fingerprint density at radius 3 is 2.78 bits per heavy atom. The van der Waals surface area contributed by atoms with Crippen molar-refractivity contribution in [3.63, 3.8) is 0 Å². The summed E-state index contributed by atoms with van der Waals surface area (Å²) in [6, 6.07) is 8.69. The molecule has 0 atom stereocenters. The van der Waals surface area contributed by atoms with Crippen LogP contribution in [0.2, 0.25) is 0 Å². The van der Waals surface area contributed by atoms with Crippen LogP contribution < -0.4 is 10.1 Å². The number of aryl methyl sites for hydroxylation is 1. The van der Waals surface area contributed by atoms with Crippen LogP contribution in [0.1, 0.15) is 5.69 Å². The Hall–Kier alpha value is -3.21. The first kappa shape index (κ1) is 18.6. The summed E-state index contributed by atoms with van der Waals surface area (Å²) in [6.07, 6.45) is 3.11. The molecule has 0 radical (unpaired) electrons. The predicted octanol–water partition coefficient (Wildman–Crippen LogP) is 2.73. The molecule has 0 saturated heterocycles. The molecule has 2 heterocycles. The number of rotatable bonds is 7. The number of carbonyl (C=O) groups excluding carboxylic acids is 1. The zero-order chi connectivity index (χ0) is 19.4. The van der Waals surface area contributed by atoms with Gasteiger partial charge >= 0.3 is 5.82 Å². The largest absolute Gasteiger partial charge is 0.471 e. The second-order valence-corrected chi connectivity index (χ2v) is 6.52. The Labute approximate surface area is 162 Å². The van der Waals surface area contributed by atoms with Gasteiger partial charge in [-0.1, -0.05) is 15.9 Å². The Kier molecular flexibility index (Phi) is 5.50. The number of amides is 1. The van der Waals surface area contributed by atoms with Gasteiger partial charge in [0, 0.05) is 4.47 Å². The van der Waals surface area contributed by atoms with Gasteiger partial charge in [-0.25, -0.2) is 4.68 Å². The zero-order valence-electron chi connectivity index (χ0n) is 14.2. The van der Waals surface area contributed by atoms with E-state index >= 15 is 0 Å². The van der Waals surface area contributed by atoms with Crippen LogP contribution in [0.15, 0.2) is 47.2 Å². The van der Waals surface area contributed by atoms with Gasteiger partial charge in [-0.05, 0) is 36.1 Å². The molecule has 1 amide bonds. The normalized spacial score (nSPS) is 10.6. The van der Waals surface area contributed by atoms with Crippen LogP contribution in [-0.2, 0) is 18.1 Å². The van der Waals surface area contributed by atoms with Crippen molar-refractivity contribution in [2.45, 2.75) is 20.2 Å². The number of nitrogens with one attached hydrogen (secondary N) is 1. The molecule has 0 fully saturated rings. The molecule has 0 saturated carbocycles. The first-order valence-corrected chi connectivity index (χ1v) is 8.59. The summed E-state index contributed by atoms with van der Waals surface area (Å²) in [5.41, 5.74) is 1.01. The molecule has 0 aliphatic carbocycles. The molecule has 3 rings (SSSR count). The number of hydrogen-bond donors (Lipinski definition) is 1. The smallest absolute Gasteiger partial charge is 0.390 e. The van der Waals surface area contributed by atoms with E-state index in [1.165, 1.54) is 21.6 Å². The number of anilines is 1. The topological polar surface area (TPSA) is 117 Å². The molecular weight excluding hydrogens is 420 g/mol. The van der Waals surface area contributed by atoms with Crippen LogP contribution in [0.4, 0.5) is 11.5 Å². The van der Waals surface area contributed by atoms with Crippen molar-refractivity contribution >= 4 is 33.3 Å². The fourth-order valence-corrected chi connectivity index (χ4v) is 2.51. The molecule has 0 spiro atoms. The molecule has 0 aliphatic heterocycles. The van der Waals surface area contributed by atoms with Crippen molar-refractivity contribution < 1.29 is 14.5 Å². The van der Waals surface area contributed by atoms with E-state index in [2.05, 4.69) is 31.4 Å². The summed E-state index contributed by atoms with van der Waals surface area (Å²) < 4.78 is 9.35. The fraction of sp³-hybridized carbons (Fsp3) is 0.188. The highest BCUT2D eigenvalue weighted by molar-refractivity contribution is 9.10. The Morgan fingerprint density at radius 1 is 1.37 bits per heavy atom. The first-order chi connectivity index (χ1) is 12.9. The van der Waals surface area contributed by atoms with Crippen molar-refractivity contribution in [3.8, 4) is 5.75 Å². The molecule has 3 aromatic rings. The summed E-state index contributed by atoms with van der Waals surface area (Å²) in [7, 11) is 0. The van der Waals surface area contributed by atoms with Gasteiger partial charge in [0.05, 0.1) is 34.9 Å². The van der Waals surface area contributed by atoms with E-state index in [0.29, 0.717) is 17.1 Å². The highest BCUT2D eigenvalue weighted by atomic mass is 79.9. The lowest BCUT2D eigenvalue weighted by Gasteiger charge is -2.06. The first-order valence-electron chi connectivity index (χ1n) is 7.80. The summed E-state index contributed by atoms with van der Waals surface area (Å²) in [4.78, 5) is 22.2. The maximum absolute atomic E-state index is 12.1. The van der Waals surface area contributed by atoms with Gasteiger partial charge in [0.2, 0.25) is 5.91 Å². The second-order valence-electron chi connectivity index (χ2n) is 5.60. The van der Waals surface area contributed by atoms with Gasteiger partial charge in [-0.15, -0.1) is 0 Å². The average Bonchev–Trinajstić information content (AvgIpc) is 3.21. The molecule has 10 nitrogen and oxygen atoms in total. The minimum atomic E-state index is -0.600. The predicted molar refractivity (Wildman–Crippen MR) is 99.2 cm³/mol. The molecule has 0 unspecified atom stereocenters. The molecule has 0 aliphatic rings. The molecule has 0 bridgehead atoms. The van der Waals surface area contributed by atoms with Crippen LogP contribution in [0, 0.1) is 17.0 Å². The van der Waals surface area contributed by atoms with E-state index in [-0.39, 0.29) is 25.0 Å². The van der Waals surface area contributed by atoms with E-state index in [9.17, 15) is 14.9 Å². The third-order valence-electron chi connectivity index (χ3n) is 3.54. The Morgan fingerprint density at radius 2 is 2.11 bits per heavy atom. The molecule has 11 heteroatoms. The average molecular weight is 435 g/mol. The molecule has 140 valence electrons. The van der Waals surface area contributed by atoms with Crippen molar-refractivity contribution in [1.29, 1.82) is 0 Å². The van der Waals surface area contributed by atoms with Crippen LogP contribution in [0.5, 0.6) is 5.75 Å². The van der Waals surface area contributed by atoms with Crippen molar-refractivity contribution in [2.75, 3.05) is 5.32 Å². The summed E-state index contributed by atoms with van der Waals surface area (Å²) >= 11 is 3.35. The lowest BCUT2D eigenvalue weighted by Crippen LogP contribution is -2.20.